The van der Waals surface area contributed by atoms with Gasteiger partial charge < -0.3 is 9.84 Å². The van der Waals surface area contributed by atoms with Crippen molar-refractivity contribution in [1.29, 1.82) is 0 Å². The molecule has 136 valence electrons. The van der Waals surface area contributed by atoms with E-state index < -0.39 is 5.97 Å². The van der Waals surface area contributed by atoms with Crippen LogP contribution < -0.4 is 4.74 Å². The summed E-state index contributed by atoms with van der Waals surface area (Å²) < 4.78 is 5.99. The van der Waals surface area contributed by atoms with Crippen LogP contribution in [0, 0.1) is 0 Å². The van der Waals surface area contributed by atoms with E-state index in [1.54, 1.807) is 17.8 Å². The molecule has 0 aliphatic carbocycles. The van der Waals surface area contributed by atoms with Crippen LogP contribution >= 0.6 is 11.8 Å². The van der Waals surface area contributed by atoms with Crippen molar-refractivity contribution in [3.8, 4) is 5.75 Å². The van der Waals surface area contributed by atoms with E-state index in [-0.39, 0.29) is 5.69 Å². The molecule has 0 aliphatic rings. The maximum absolute atomic E-state index is 10.9. The van der Waals surface area contributed by atoms with Gasteiger partial charge in [-0.15, -0.1) is 11.8 Å². The van der Waals surface area contributed by atoms with Crippen LogP contribution in [0.3, 0.4) is 0 Å². The molecule has 2 aromatic carbocycles. The van der Waals surface area contributed by atoms with Crippen molar-refractivity contribution < 1.29 is 14.6 Å². The van der Waals surface area contributed by atoms with Gasteiger partial charge in [-0.3, -0.25) is 4.98 Å². The third kappa shape index (κ3) is 5.18. The summed E-state index contributed by atoms with van der Waals surface area (Å²) in [6.07, 6.45) is 8.37. The molecule has 6 heteroatoms. The number of ether oxygens (including phenoxy) is 1. The Morgan fingerprint density at radius 1 is 1.11 bits per heavy atom. The smallest absolute Gasteiger partial charge is 0.356 e. The minimum Gasteiger partial charge on any atom is -0.488 e. The Morgan fingerprint density at radius 2 is 1.93 bits per heavy atom. The fourth-order valence-corrected chi connectivity index (χ4v) is 2.81. The van der Waals surface area contributed by atoms with Gasteiger partial charge in [-0.1, -0.05) is 30.3 Å². The summed E-state index contributed by atoms with van der Waals surface area (Å²) in [5.74, 6) is -0.328. The highest BCUT2D eigenvalue weighted by molar-refractivity contribution is 7.98. The minimum atomic E-state index is -1.10. The van der Waals surface area contributed by atoms with Crippen molar-refractivity contribution in [2.45, 2.75) is 11.5 Å². The number of carboxylic acids is 1. The van der Waals surface area contributed by atoms with Gasteiger partial charge in [0.2, 0.25) is 0 Å². The number of nitrogens with zero attached hydrogens (tertiary/aromatic N) is 2. The molecule has 1 aromatic heterocycles. The Hall–Kier alpha value is -3.12. The van der Waals surface area contributed by atoms with E-state index in [0.29, 0.717) is 12.3 Å². The molecule has 0 radical (unpaired) electrons. The van der Waals surface area contributed by atoms with Gasteiger partial charge in [0, 0.05) is 10.5 Å². The van der Waals surface area contributed by atoms with Gasteiger partial charge in [0.25, 0.3) is 0 Å². The first kappa shape index (κ1) is 18.7. The molecule has 0 saturated heterocycles. The predicted molar refractivity (Wildman–Crippen MR) is 107 cm³/mol. The van der Waals surface area contributed by atoms with Gasteiger partial charge in [0.1, 0.15) is 12.4 Å². The quantitative estimate of drug-likeness (QED) is 0.604. The van der Waals surface area contributed by atoms with E-state index in [2.05, 4.69) is 9.97 Å². The average Bonchev–Trinajstić information content (AvgIpc) is 2.72. The molecule has 0 bridgehead atoms. The zero-order valence-corrected chi connectivity index (χ0v) is 15.5. The minimum absolute atomic E-state index is 0.0802. The van der Waals surface area contributed by atoms with Crippen molar-refractivity contribution in [1.82, 2.24) is 9.97 Å². The molecule has 0 unspecified atom stereocenters. The zero-order chi connectivity index (χ0) is 19.1. The Morgan fingerprint density at radius 3 is 2.59 bits per heavy atom. The van der Waals surface area contributed by atoms with Gasteiger partial charge in [0.15, 0.2) is 5.69 Å². The maximum atomic E-state index is 10.9. The Labute approximate surface area is 161 Å². The van der Waals surface area contributed by atoms with Crippen molar-refractivity contribution in [3.63, 3.8) is 0 Å². The van der Waals surface area contributed by atoms with E-state index in [4.69, 9.17) is 9.84 Å². The van der Waals surface area contributed by atoms with Crippen LogP contribution in [0.2, 0.25) is 0 Å². The van der Waals surface area contributed by atoms with Crippen molar-refractivity contribution >= 4 is 29.9 Å². The second-order valence-electron chi connectivity index (χ2n) is 5.64. The van der Waals surface area contributed by atoms with Crippen LogP contribution in [0.25, 0.3) is 12.2 Å². The molecule has 0 spiro atoms. The summed E-state index contributed by atoms with van der Waals surface area (Å²) >= 11 is 1.65. The summed E-state index contributed by atoms with van der Waals surface area (Å²) in [5.41, 5.74) is 2.50. The molecule has 27 heavy (non-hydrogen) atoms. The third-order valence-corrected chi connectivity index (χ3v) is 4.50. The first-order valence-corrected chi connectivity index (χ1v) is 9.46. The van der Waals surface area contributed by atoms with E-state index in [1.165, 1.54) is 12.4 Å². The first-order valence-electron chi connectivity index (χ1n) is 8.24. The number of carboxylic acid groups (broad SMARTS) is 1. The second kappa shape index (κ2) is 9.00. The highest BCUT2D eigenvalue weighted by Gasteiger charge is 2.06. The number of aromatic carboxylic acids is 1. The molecule has 1 heterocycles. The normalized spacial score (nSPS) is 10.9. The fraction of sp³-hybridized carbons (Fsp3) is 0.0952. The molecule has 0 saturated carbocycles. The third-order valence-electron chi connectivity index (χ3n) is 3.78. The number of hydrogen-bond donors (Lipinski definition) is 1. The van der Waals surface area contributed by atoms with Gasteiger partial charge in [-0.05, 0) is 42.2 Å². The molecule has 0 atom stereocenters. The number of hydrogen-bond acceptors (Lipinski definition) is 5. The largest absolute Gasteiger partial charge is 0.488 e. The average molecular weight is 378 g/mol. The van der Waals surface area contributed by atoms with Crippen LogP contribution in [0.5, 0.6) is 5.75 Å². The summed E-state index contributed by atoms with van der Waals surface area (Å²) in [6.45, 7) is 0.480. The number of benzene rings is 2. The number of aromatic nitrogens is 2. The van der Waals surface area contributed by atoms with Crippen LogP contribution in [-0.4, -0.2) is 27.3 Å². The lowest BCUT2D eigenvalue weighted by atomic mass is 10.1. The zero-order valence-electron chi connectivity index (χ0n) is 14.7. The lowest BCUT2D eigenvalue weighted by Gasteiger charge is -2.11. The molecular weight excluding hydrogens is 360 g/mol. The molecule has 0 aliphatic heterocycles. The number of carbonyl (C=O) groups is 1. The Kier molecular flexibility index (Phi) is 6.22. The Balaban J connectivity index is 1.80. The van der Waals surface area contributed by atoms with E-state index in [1.807, 2.05) is 60.9 Å². The SMILES string of the molecule is CSc1ccc(OCc2ccccc2)c(C=Cc2cnc(C(=O)O)cn2)c1. The molecule has 3 rings (SSSR count). The summed E-state index contributed by atoms with van der Waals surface area (Å²) in [6, 6.07) is 16.0. The van der Waals surface area contributed by atoms with Crippen molar-refractivity contribution in [3.05, 3.63) is 83.4 Å². The summed E-state index contributed by atoms with van der Waals surface area (Å²) in [4.78, 5) is 20.0. The molecule has 0 fully saturated rings. The van der Waals surface area contributed by atoms with Crippen molar-refractivity contribution in [2.24, 2.45) is 0 Å². The van der Waals surface area contributed by atoms with Crippen LogP contribution in [0.1, 0.15) is 27.3 Å². The molecule has 0 amide bonds. The highest BCUT2D eigenvalue weighted by atomic mass is 32.2. The van der Waals surface area contributed by atoms with Crippen LogP contribution in [0.4, 0.5) is 0 Å². The van der Waals surface area contributed by atoms with E-state index in [0.717, 1.165) is 21.8 Å². The van der Waals surface area contributed by atoms with Crippen LogP contribution in [0.15, 0.2) is 65.8 Å². The van der Waals surface area contributed by atoms with Gasteiger partial charge in [-0.25, -0.2) is 9.78 Å². The number of rotatable bonds is 7. The van der Waals surface area contributed by atoms with Gasteiger partial charge >= 0.3 is 5.97 Å². The topological polar surface area (TPSA) is 72.3 Å². The lowest BCUT2D eigenvalue weighted by molar-refractivity contribution is 0.0690. The molecule has 1 N–H and O–H groups in total. The second-order valence-corrected chi connectivity index (χ2v) is 6.52. The standard InChI is InChI=1S/C21H18N2O3S/c1-27-18-9-10-20(26-14-15-5-3-2-4-6-15)16(11-18)7-8-17-12-23-19(13-22-17)21(24)25/h2-13H,14H2,1H3,(H,24,25). The highest BCUT2D eigenvalue weighted by Crippen LogP contribution is 2.27. The lowest BCUT2D eigenvalue weighted by Crippen LogP contribution is -2.01. The van der Waals surface area contributed by atoms with Crippen LogP contribution in [-0.2, 0) is 6.61 Å². The van der Waals surface area contributed by atoms with E-state index in [9.17, 15) is 4.79 Å². The molecule has 3 aromatic rings. The molecule has 5 nitrogen and oxygen atoms in total. The molecular formula is C21H18N2O3S. The maximum Gasteiger partial charge on any atom is 0.356 e. The summed E-state index contributed by atoms with van der Waals surface area (Å²) in [7, 11) is 0. The van der Waals surface area contributed by atoms with E-state index >= 15 is 0 Å². The summed E-state index contributed by atoms with van der Waals surface area (Å²) in [5, 5.41) is 8.89. The van der Waals surface area contributed by atoms with Gasteiger partial charge in [-0.2, -0.15) is 0 Å². The Bertz CT molecular complexity index is 941. The number of thioether (sulfide) groups is 1. The first-order chi connectivity index (χ1) is 13.2. The monoisotopic (exact) mass is 378 g/mol. The fourth-order valence-electron chi connectivity index (χ4n) is 2.36. The predicted octanol–water partition coefficient (Wildman–Crippen LogP) is 4.65. The van der Waals surface area contributed by atoms with Crippen molar-refractivity contribution in [2.75, 3.05) is 6.26 Å². The van der Waals surface area contributed by atoms with Gasteiger partial charge in [0.05, 0.1) is 18.1 Å².